The fourth-order valence-corrected chi connectivity index (χ4v) is 9.17. The largest absolute Gasteiger partial charge is 0.465 e. The Kier molecular flexibility index (Phi) is 38.2. The van der Waals surface area contributed by atoms with Crippen LogP contribution in [0.2, 0.25) is 0 Å². The van der Waals surface area contributed by atoms with Crippen LogP contribution >= 0.6 is 0 Å². The van der Waals surface area contributed by atoms with E-state index in [1.54, 1.807) is 6.92 Å². The minimum Gasteiger partial charge on any atom is -0.465 e. The van der Waals surface area contributed by atoms with Crippen molar-refractivity contribution in [3.05, 3.63) is 0 Å². The van der Waals surface area contributed by atoms with Crippen LogP contribution < -0.4 is 0 Å². The number of rotatable bonds is 52. The first-order chi connectivity index (χ1) is 43.1. The van der Waals surface area contributed by atoms with Gasteiger partial charge in [0.15, 0.2) is 0 Å². The molecule has 0 spiro atoms. The fourth-order valence-electron chi connectivity index (χ4n) is 9.17. The second kappa shape index (κ2) is 39.5. The maximum Gasteiger partial charge on any atom is 0.460 e. The van der Waals surface area contributed by atoms with Crippen LogP contribution in [0.4, 0.5) is 79.0 Å². The van der Waals surface area contributed by atoms with Gasteiger partial charge in [-0.25, -0.2) is 0 Å². The monoisotopic (exact) mass is 1410 g/mol. The molecule has 33 heteroatoms. The molecule has 0 aliphatic carbocycles. The van der Waals surface area contributed by atoms with E-state index in [9.17, 15) is 98.5 Å². The molecule has 0 fully saturated rings. The summed E-state index contributed by atoms with van der Waals surface area (Å²) >= 11 is 0. The lowest BCUT2D eigenvalue weighted by molar-refractivity contribution is -0.440. The van der Waals surface area contributed by atoms with E-state index in [0.29, 0.717) is 65.0 Å². The van der Waals surface area contributed by atoms with Crippen molar-refractivity contribution < 1.29 is 151 Å². The second-order valence-electron chi connectivity index (χ2n) is 24.5. The Morgan fingerprint density at radius 1 is 0.351 bits per heavy atom. The van der Waals surface area contributed by atoms with Crippen LogP contribution in [0.25, 0.3) is 0 Å². The average Bonchev–Trinajstić information content (AvgIpc) is 0.714. The van der Waals surface area contributed by atoms with Gasteiger partial charge in [-0.3, -0.25) is 14.4 Å². The Bertz CT molecular complexity index is 2160. The van der Waals surface area contributed by atoms with Crippen molar-refractivity contribution in [2.45, 2.75) is 283 Å². The van der Waals surface area contributed by atoms with Gasteiger partial charge in [0, 0.05) is 0 Å². The van der Waals surface area contributed by atoms with Crippen LogP contribution in [-0.4, -0.2) is 199 Å². The van der Waals surface area contributed by atoms with Crippen LogP contribution in [0.15, 0.2) is 0 Å². The molecule has 0 aromatic carbocycles. The van der Waals surface area contributed by atoms with Gasteiger partial charge in [-0.15, -0.1) is 0 Å². The number of alkyl halides is 18. The first-order valence-corrected chi connectivity index (χ1v) is 31.6. The van der Waals surface area contributed by atoms with E-state index in [0.717, 1.165) is 47.5 Å². The highest BCUT2D eigenvalue weighted by Gasteiger charge is 2.90. The number of aliphatic hydroxyl groups is 1. The van der Waals surface area contributed by atoms with Gasteiger partial charge < -0.3 is 57.2 Å². The molecule has 15 nitrogen and oxygen atoms in total. The van der Waals surface area contributed by atoms with E-state index in [1.165, 1.54) is 6.92 Å². The second-order valence-corrected chi connectivity index (χ2v) is 24.5. The zero-order chi connectivity index (χ0) is 73.2. The molecule has 11 atom stereocenters. The summed E-state index contributed by atoms with van der Waals surface area (Å²) in [4.78, 5) is 41.0. The number of aliphatic hydroxyl groups excluding tert-OH is 1. The molecular formula is C61H100F18O15. The number of hydrogen-bond donors (Lipinski definition) is 1. The maximum absolute atomic E-state index is 14.6. The molecule has 0 aliphatic rings. The van der Waals surface area contributed by atoms with Gasteiger partial charge in [0.2, 0.25) is 0 Å². The molecule has 0 saturated heterocycles. The first-order valence-electron chi connectivity index (χ1n) is 31.6. The van der Waals surface area contributed by atoms with Gasteiger partial charge in [0.1, 0.15) is 6.61 Å². The van der Waals surface area contributed by atoms with Crippen LogP contribution in [0.1, 0.15) is 180 Å². The molecule has 1 N–H and O–H groups in total. The minimum atomic E-state index is -8.19. The van der Waals surface area contributed by atoms with E-state index in [4.69, 9.17) is 47.4 Å². The van der Waals surface area contributed by atoms with Crippen molar-refractivity contribution in [3.63, 3.8) is 0 Å². The Morgan fingerprint density at radius 2 is 0.660 bits per heavy atom. The topological polar surface area (TPSA) is 173 Å². The van der Waals surface area contributed by atoms with Crippen LogP contribution in [0.5, 0.6) is 0 Å². The summed E-state index contributed by atoms with van der Waals surface area (Å²) in [6, 6.07) is 0. The van der Waals surface area contributed by atoms with E-state index < -0.39 is 152 Å². The molecule has 0 aliphatic heterocycles. The molecular weight excluding hydrogens is 1310 g/mol. The maximum atomic E-state index is 14.6. The number of hydrogen-bond acceptors (Lipinski definition) is 15. The third kappa shape index (κ3) is 26.8. The Labute approximate surface area is 539 Å². The zero-order valence-corrected chi connectivity index (χ0v) is 56.1. The van der Waals surface area contributed by atoms with E-state index in [-0.39, 0.29) is 63.1 Å². The molecule has 0 heterocycles. The summed E-state index contributed by atoms with van der Waals surface area (Å²) in [5.41, 5.74) is -6.64. The van der Waals surface area contributed by atoms with Gasteiger partial charge in [-0.05, 0) is 105 Å². The quantitative estimate of drug-likeness (QED) is 0.0346. The van der Waals surface area contributed by atoms with E-state index in [2.05, 4.69) is 4.74 Å². The number of carbonyl (C=O) groups excluding carboxylic acids is 3. The van der Waals surface area contributed by atoms with Gasteiger partial charge >= 0.3 is 65.8 Å². The molecule has 0 bridgehead atoms. The molecule has 0 aromatic heterocycles. The fraction of sp³-hybridized carbons (Fsp3) is 0.951. The van der Waals surface area contributed by atoms with Crippen LogP contribution in [0.3, 0.4) is 0 Å². The van der Waals surface area contributed by atoms with Gasteiger partial charge in [0.25, 0.3) is 0 Å². The zero-order valence-electron chi connectivity index (χ0n) is 56.1. The number of carbonyl (C=O) groups is 3. The number of halogens is 18. The third-order valence-corrected chi connectivity index (χ3v) is 16.0. The lowest BCUT2D eigenvalue weighted by Crippen LogP contribution is -2.70. The van der Waals surface area contributed by atoms with Crippen LogP contribution in [0, 0.1) is 16.2 Å². The van der Waals surface area contributed by atoms with Crippen molar-refractivity contribution in [1.82, 2.24) is 0 Å². The predicted octanol–water partition coefficient (Wildman–Crippen LogP) is 15.3. The highest BCUT2D eigenvalue weighted by atomic mass is 19.4. The van der Waals surface area contributed by atoms with Crippen LogP contribution in [-0.2, 0) is 66.5 Å². The molecule has 11 unspecified atom stereocenters. The summed E-state index contributed by atoms with van der Waals surface area (Å²) < 4.78 is 309. The van der Waals surface area contributed by atoms with Crippen molar-refractivity contribution in [3.8, 4) is 0 Å². The Balaban J connectivity index is 5.97. The molecule has 0 aromatic rings. The van der Waals surface area contributed by atoms with Gasteiger partial charge in [0.05, 0.1) is 150 Å². The van der Waals surface area contributed by atoms with Crippen molar-refractivity contribution in [1.29, 1.82) is 0 Å². The smallest absolute Gasteiger partial charge is 0.460 e. The van der Waals surface area contributed by atoms with Crippen molar-refractivity contribution >= 4 is 17.9 Å². The summed E-state index contributed by atoms with van der Waals surface area (Å²) in [6.07, 6.45) is -19.4. The van der Waals surface area contributed by atoms with Gasteiger partial charge in [-0.2, -0.15) is 79.0 Å². The number of ether oxygens (including phenoxy) is 11. The first kappa shape index (κ1) is 90.8. The lowest BCUT2D eigenvalue weighted by Gasteiger charge is -2.40. The SMILES string of the molecule is CCC(CO)OCC(CC)OCC(CC)OCC(CC)OCC(CC)OCC(CC)OCC(CC)OCC(CC)OC(C)COC(=O)C(C)(C)CC(C)(CC(C)(CC)C(=O)OCCC(F)(F)C(F)(F)C(F)(F)C(F)(F)C(F)(F)C(F)(F)F)C(=O)OCCC(F)(F)C(F)(F)F. The molecule has 0 amide bonds. The molecule has 0 rings (SSSR count). The number of esters is 3. The van der Waals surface area contributed by atoms with E-state index in [1.807, 2.05) is 48.5 Å². The highest BCUT2D eigenvalue weighted by Crippen LogP contribution is 2.61. The van der Waals surface area contributed by atoms with E-state index >= 15 is 0 Å². The summed E-state index contributed by atoms with van der Waals surface area (Å²) in [5, 5.41) is 9.44. The van der Waals surface area contributed by atoms with Crippen molar-refractivity contribution in [2.75, 3.05) is 72.7 Å². The minimum absolute atomic E-state index is 0.0444. The Hall–Kier alpha value is -3.21. The standard InChI is InChI=1S/C61H100F18O15/c1-15-40(28-80)86-30-41(16-2)87-31-42(17-3)88-32-43(18-4)89-33-44(19-5)90-34-45(20-6)91-35-46(21-7)92-36-47(22-8)94-39(10)29-93-48(81)51(11,12)37-53(14,50(83)85-27-25-55(64,65)60(74,75)76)38-52(13,23-9)49(82)84-26-24-54(62,63)56(66,67)57(68,69)58(70,71)59(72,73)61(77,78)79/h39-47,80H,15-38H2,1-14H3. The third-order valence-electron chi connectivity index (χ3n) is 16.0. The molecule has 560 valence electrons. The predicted molar refractivity (Wildman–Crippen MR) is 305 cm³/mol. The normalized spacial score (nSPS) is 17.8. The molecule has 0 saturated carbocycles. The Morgan fingerprint density at radius 3 is 0.968 bits per heavy atom. The summed E-state index contributed by atoms with van der Waals surface area (Å²) in [6.45, 7) is 19.8. The van der Waals surface area contributed by atoms with Gasteiger partial charge in [-0.1, -0.05) is 62.3 Å². The molecule has 94 heavy (non-hydrogen) atoms. The average molecular weight is 1420 g/mol. The highest BCUT2D eigenvalue weighted by molar-refractivity contribution is 5.82. The summed E-state index contributed by atoms with van der Waals surface area (Å²) in [5.74, 6) is -48.6. The summed E-state index contributed by atoms with van der Waals surface area (Å²) in [7, 11) is 0. The lowest BCUT2D eigenvalue weighted by atomic mass is 9.65. The van der Waals surface area contributed by atoms with Crippen molar-refractivity contribution in [2.24, 2.45) is 16.2 Å². The molecule has 0 radical (unpaired) electrons.